The van der Waals surface area contributed by atoms with Crippen LogP contribution >= 0.6 is 0 Å². The van der Waals surface area contributed by atoms with Crippen LogP contribution in [0.15, 0.2) is 24.3 Å². The largest absolute Gasteiger partial charge is 0.313 e. The van der Waals surface area contributed by atoms with Gasteiger partial charge in [-0.05, 0) is 56.5 Å². The molecule has 2 atom stereocenters. The van der Waals surface area contributed by atoms with Crippen molar-refractivity contribution in [3.63, 3.8) is 0 Å². The summed E-state index contributed by atoms with van der Waals surface area (Å²) in [6.07, 6.45) is 5.98. The normalized spacial score (nSPS) is 20.1. The van der Waals surface area contributed by atoms with E-state index < -0.39 is 0 Å². The first-order valence-corrected chi connectivity index (χ1v) is 8.47. The molecule has 21 heavy (non-hydrogen) atoms. The zero-order chi connectivity index (χ0) is 15.1. The summed E-state index contributed by atoms with van der Waals surface area (Å²) in [6, 6.07) is 8.07. The first-order chi connectivity index (χ1) is 10.2. The van der Waals surface area contributed by atoms with E-state index in [9.17, 15) is 4.39 Å². The van der Waals surface area contributed by atoms with E-state index in [1.807, 2.05) is 6.07 Å². The fourth-order valence-electron chi connectivity index (χ4n) is 3.35. The van der Waals surface area contributed by atoms with Crippen molar-refractivity contribution in [1.82, 2.24) is 10.2 Å². The fourth-order valence-corrected chi connectivity index (χ4v) is 3.35. The molecule has 1 aliphatic heterocycles. The standard InChI is InChI=1S/C18H29FN2/c1-3-5-12-21(14-17-10-7-11-20-17)18(4-2)15-8-6-9-16(19)13-15/h6,8-9,13,17-18,20H,3-5,7,10-12,14H2,1-2H3. The van der Waals surface area contributed by atoms with Gasteiger partial charge in [-0.1, -0.05) is 32.4 Å². The van der Waals surface area contributed by atoms with Gasteiger partial charge in [-0.3, -0.25) is 4.90 Å². The topological polar surface area (TPSA) is 15.3 Å². The van der Waals surface area contributed by atoms with E-state index in [-0.39, 0.29) is 5.82 Å². The summed E-state index contributed by atoms with van der Waals surface area (Å²) >= 11 is 0. The molecule has 1 saturated heterocycles. The van der Waals surface area contributed by atoms with E-state index in [2.05, 4.69) is 30.1 Å². The Morgan fingerprint density at radius 1 is 1.38 bits per heavy atom. The van der Waals surface area contributed by atoms with E-state index in [0.29, 0.717) is 12.1 Å². The lowest BCUT2D eigenvalue weighted by Gasteiger charge is -2.33. The van der Waals surface area contributed by atoms with Crippen molar-refractivity contribution in [2.24, 2.45) is 0 Å². The summed E-state index contributed by atoms with van der Waals surface area (Å²) < 4.78 is 13.6. The van der Waals surface area contributed by atoms with E-state index in [4.69, 9.17) is 0 Å². The van der Waals surface area contributed by atoms with Crippen LogP contribution in [0.25, 0.3) is 0 Å². The van der Waals surface area contributed by atoms with Crippen LogP contribution in [0.3, 0.4) is 0 Å². The molecule has 3 heteroatoms. The fraction of sp³-hybridized carbons (Fsp3) is 0.667. The molecular formula is C18H29FN2. The minimum Gasteiger partial charge on any atom is -0.313 e. The molecular weight excluding hydrogens is 263 g/mol. The Kier molecular flexibility index (Phi) is 6.65. The van der Waals surface area contributed by atoms with Gasteiger partial charge in [0.15, 0.2) is 0 Å². The highest BCUT2D eigenvalue weighted by molar-refractivity contribution is 5.20. The van der Waals surface area contributed by atoms with Crippen molar-refractivity contribution in [3.05, 3.63) is 35.6 Å². The number of benzene rings is 1. The Morgan fingerprint density at radius 2 is 2.24 bits per heavy atom. The van der Waals surface area contributed by atoms with E-state index in [1.165, 1.54) is 31.7 Å². The number of halogens is 1. The quantitative estimate of drug-likeness (QED) is 0.775. The van der Waals surface area contributed by atoms with Crippen LogP contribution in [0.5, 0.6) is 0 Å². The summed E-state index contributed by atoms with van der Waals surface area (Å²) in [5, 5.41) is 3.59. The molecule has 1 aliphatic rings. The molecule has 0 saturated carbocycles. The predicted octanol–water partition coefficient (Wildman–Crippen LogP) is 4.13. The Labute approximate surface area is 128 Å². The maximum absolute atomic E-state index is 13.6. The third-order valence-electron chi connectivity index (χ3n) is 4.48. The third-order valence-corrected chi connectivity index (χ3v) is 4.48. The molecule has 0 radical (unpaired) electrons. The van der Waals surface area contributed by atoms with Crippen molar-refractivity contribution in [1.29, 1.82) is 0 Å². The van der Waals surface area contributed by atoms with Crippen LogP contribution < -0.4 is 5.32 Å². The Hall–Kier alpha value is -0.930. The molecule has 1 heterocycles. The van der Waals surface area contributed by atoms with Crippen LogP contribution in [0.1, 0.15) is 57.6 Å². The summed E-state index contributed by atoms with van der Waals surface area (Å²) in [6.45, 7) is 7.76. The van der Waals surface area contributed by atoms with Crippen LogP contribution in [-0.2, 0) is 0 Å². The van der Waals surface area contributed by atoms with Gasteiger partial charge in [0.1, 0.15) is 5.82 Å². The second-order valence-electron chi connectivity index (χ2n) is 6.12. The highest BCUT2D eigenvalue weighted by atomic mass is 19.1. The highest BCUT2D eigenvalue weighted by Crippen LogP contribution is 2.26. The molecule has 2 unspecified atom stereocenters. The van der Waals surface area contributed by atoms with E-state index in [0.717, 1.165) is 31.6 Å². The number of nitrogens with one attached hydrogen (secondary N) is 1. The number of unbranched alkanes of at least 4 members (excludes halogenated alkanes) is 1. The van der Waals surface area contributed by atoms with Gasteiger partial charge in [0.25, 0.3) is 0 Å². The maximum Gasteiger partial charge on any atom is 0.123 e. The molecule has 0 spiro atoms. The summed E-state index contributed by atoms with van der Waals surface area (Å²) in [5.74, 6) is -0.125. The summed E-state index contributed by atoms with van der Waals surface area (Å²) in [7, 11) is 0. The summed E-state index contributed by atoms with van der Waals surface area (Å²) in [5.41, 5.74) is 1.12. The zero-order valence-corrected chi connectivity index (χ0v) is 13.4. The van der Waals surface area contributed by atoms with Gasteiger partial charge in [-0.15, -0.1) is 0 Å². The van der Waals surface area contributed by atoms with Gasteiger partial charge < -0.3 is 5.32 Å². The van der Waals surface area contributed by atoms with Gasteiger partial charge in [-0.25, -0.2) is 4.39 Å². The molecule has 1 aromatic rings. The second-order valence-corrected chi connectivity index (χ2v) is 6.12. The van der Waals surface area contributed by atoms with Crippen LogP contribution in [-0.4, -0.2) is 30.6 Å². The highest BCUT2D eigenvalue weighted by Gasteiger charge is 2.23. The Bertz CT molecular complexity index is 415. The number of hydrogen-bond acceptors (Lipinski definition) is 2. The number of nitrogens with zero attached hydrogens (tertiary/aromatic N) is 1. The average Bonchev–Trinajstić information content (AvgIpc) is 2.98. The monoisotopic (exact) mass is 292 g/mol. The van der Waals surface area contributed by atoms with E-state index in [1.54, 1.807) is 6.07 Å². The molecule has 2 rings (SSSR count). The minimum atomic E-state index is -0.125. The van der Waals surface area contributed by atoms with Crippen molar-refractivity contribution in [2.45, 2.75) is 58.0 Å². The Morgan fingerprint density at radius 3 is 2.86 bits per heavy atom. The summed E-state index contributed by atoms with van der Waals surface area (Å²) in [4.78, 5) is 2.56. The zero-order valence-electron chi connectivity index (χ0n) is 13.4. The van der Waals surface area contributed by atoms with Crippen LogP contribution in [0.2, 0.25) is 0 Å². The second kappa shape index (κ2) is 8.50. The molecule has 0 aromatic heterocycles. The number of hydrogen-bond donors (Lipinski definition) is 1. The van der Waals surface area contributed by atoms with E-state index >= 15 is 0 Å². The van der Waals surface area contributed by atoms with Crippen LogP contribution in [0.4, 0.5) is 4.39 Å². The molecule has 2 nitrogen and oxygen atoms in total. The van der Waals surface area contributed by atoms with Crippen LogP contribution in [0, 0.1) is 5.82 Å². The molecule has 1 fully saturated rings. The predicted molar refractivity (Wildman–Crippen MR) is 86.9 cm³/mol. The number of rotatable bonds is 8. The lowest BCUT2D eigenvalue weighted by Crippen LogP contribution is -2.40. The Balaban J connectivity index is 2.10. The molecule has 0 amide bonds. The smallest absolute Gasteiger partial charge is 0.123 e. The molecule has 1 aromatic carbocycles. The average molecular weight is 292 g/mol. The van der Waals surface area contributed by atoms with Gasteiger partial charge in [0.2, 0.25) is 0 Å². The van der Waals surface area contributed by atoms with Gasteiger partial charge in [0, 0.05) is 18.6 Å². The third kappa shape index (κ3) is 4.79. The molecule has 0 bridgehead atoms. The lowest BCUT2D eigenvalue weighted by molar-refractivity contribution is 0.172. The first-order valence-electron chi connectivity index (χ1n) is 8.47. The first kappa shape index (κ1) is 16.4. The van der Waals surface area contributed by atoms with Crippen molar-refractivity contribution >= 4 is 0 Å². The maximum atomic E-state index is 13.6. The minimum absolute atomic E-state index is 0.125. The van der Waals surface area contributed by atoms with Crippen molar-refractivity contribution in [3.8, 4) is 0 Å². The lowest BCUT2D eigenvalue weighted by atomic mass is 10.0. The molecule has 1 N–H and O–H groups in total. The molecule has 118 valence electrons. The van der Waals surface area contributed by atoms with Crippen molar-refractivity contribution < 1.29 is 4.39 Å². The molecule has 0 aliphatic carbocycles. The van der Waals surface area contributed by atoms with Crippen molar-refractivity contribution in [2.75, 3.05) is 19.6 Å². The van der Waals surface area contributed by atoms with Gasteiger partial charge in [0.05, 0.1) is 0 Å². The SMILES string of the molecule is CCCCN(CC1CCCN1)C(CC)c1cccc(F)c1. The van der Waals surface area contributed by atoms with Gasteiger partial charge in [-0.2, -0.15) is 0 Å². The van der Waals surface area contributed by atoms with Gasteiger partial charge >= 0.3 is 0 Å².